The van der Waals surface area contributed by atoms with Gasteiger partial charge in [0.2, 0.25) is 0 Å². The summed E-state index contributed by atoms with van der Waals surface area (Å²) in [7, 11) is 0. The number of hydrogen-bond acceptors (Lipinski definition) is 3. The summed E-state index contributed by atoms with van der Waals surface area (Å²) in [5, 5.41) is 8.52. The number of hydrogen-bond donors (Lipinski definition) is 1. The molecular weight excluding hydrogens is 132 g/mol. The SMILES string of the molecule is N#C[C@H]1CSCC[C@H]1N. The molecule has 2 N–H and O–H groups in total. The van der Waals surface area contributed by atoms with E-state index in [1.807, 2.05) is 11.8 Å². The minimum Gasteiger partial charge on any atom is -0.326 e. The molecule has 9 heavy (non-hydrogen) atoms. The van der Waals surface area contributed by atoms with Gasteiger partial charge in [-0.15, -0.1) is 0 Å². The van der Waals surface area contributed by atoms with Gasteiger partial charge in [0.25, 0.3) is 0 Å². The molecule has 0 spiro atoms. The van der Waals surface area contributed by atoms with E-state index in [-0.39, 0.29) is 12.0 Å². The number of nitriles is 1. The maximum absolute atomic E-state index is 8.52. The van der Waals surface area contributed by atoms with Crippen molar-refractivity contribution in [3.63, 3.8) is 0 Å². The van der Waals surface area contributed by atoms with E-state index in [0.717, 1.165) is 17.9 Å². The molecule has 1 saturated heterocycles. The zero-order valence-electron chi connectivity index (χ0n) is 5.21. The second-order valence-electron chi connectivity index (χ2n) is 2.26. The molecule has 1 heterocycles. The lowest BCUT2D eigenvalue weighted by atomic mass is 10.0. The van der Waals surface area contributed by atoms with Gasteiger partial charge in [-0.1, -0.05) is 0 Å². The number of nitrogens with two attached hydrogens (primary N) is 1. The third kappa shape index (κ3) is 1.60. The maximum Gasteiger partial charge on any atom is 0.0705 e. The van der Waals surface area contributed by atoms with Crippen LogP contribution in [0.4, 0.5) is 0 Å². The van der Waals surface area contributed by atoms with E-state index in [0.29, 0.717) is 0 Å². The molecule has 3 heteroatoms. The molecule has 0 unspecified atom stereocenters. The number of nitrogens with zero attached hydrogens (tertiary/aromatic N) is 1. The van der Waals surface area contributed by atoms with Crippen molar-refractivity contribution >= 4 is 11.8 Å². The molecular formula is C6H10N2S. The average Bonchev–Trinajstić information content (AvgIpc) is 1.89. The van der Waals surface area contributed by atoms with Crippen LogP contribution in [0.15, 0.2) is 0 Å². The van der Waals surface area contributed by atoms with Gasteiger partial charge in [0.15, 0.2) is 0 Å². The van der Waals surface area contributed by atoms with E-state index in [2.05, 4.69) is 6.07 Å². The van der Waals surface area contributed by atoms with Crippen molar-refractivity contribution in [2.24, 2.45) is 11.7 Å². The highest BCUT2D eigenvalue weighted by Gasteiger charge is 2.20. The first-order chi connectivity index (χ1) is 4.34. The Morgan fingerprint density at radius 1 is 1.67 bits per heavy atom. The average molecular weight is 142 g/mol. The highest BCUT2D eigenvalue weighted by molar-refractivity contribution is 7.99. The van der Waals surface area contributed by atoms with Gasteiger partial charge in [-0.05, 0) is 12.2 Å². The molecule has 1 aliphatic heterocycles. The molecule has 2 atom stereocenters. The Kier molecular flexibility index (Phi) is 2.38. The third-order valence-corrected chi connectivity index (χ3v) is 2.69. The van der Waals surface area contributed by atoms with Gasteiger partial charge < -0.3 is 5.73 Å². The van der Waals surface area contributed by atoms with Crippen LogP contribution < -0.4 is 5.73 Å². The summed E-state index contributed by atoms with van der Waals surface area (Å²) in [5.74, 6) is 2.15. The summed E-state index contributed by atoms with van der Waals surface area (Å²) < 4.78 is 0. The van der Waals surface area contributed by atoms with Crippen LogP contribution in [0.3, 0.4) is 0 Å². The molecule has 0 aromatic heterocycles. The van der Waals surface area contributed by atoms with Crippen molar-refractivity contribution in [3.05, 3.63) is 0 Å². The maximum atomic E-state index is 8.52. The molecule has 2 nitrogen and oxygen atoms in total. The second kappa shape index (κ2) is 3.09. The fourth-order valence-electron chi connectivity index (χ4n) is 0.888. The third-order valence-electron chi connectivity index (χ3n) is 1.58. The zero-order valence-corrected chi connectivity index (χ0v) is 6.03. The molecule has 1 aliphatic rings. The van der Waals surface area contributed by atoms with Crippen LogP contribution in [-0.4, -0.2) is 17.5 Å². The van der Waals surface area contributed by atoms with E-state index in [9.17, 15) is 0 Å². The lowest BCUT2D eigenvalue weighted by Gasteiger charge is -2.21. The molecule has 0 aromatic rings. The lowest BCUT2D eigenvalue weighted by molar-refractivity contribution is 0.531. The molecule has 1 rings (SSSR count). The highest BCUT2D eigenvalue weighted by Crippen LogP contribution is 2.20. The van der Waals surface area contributed by atoms with Crippen LogP contribution in [0.25, 0.3) is 0 Å². The first kappa shape index (κ1) is 6.91. The normalized spacial score (nSPS) is 35.6. The molecule has 0 radical (unpaired) electrons. The predicted molar refractivity (Wildman–Crippen MR) is 39.0 cm³/mol. The topological polar surface area (TPSA) is 49.8 Å². The Hall–Kier alpha value is -0.200. The van der Waals surface area contributed by atoms with Gasteiger partial charge in [-0.2, -0.15) is 17.0 Å². The molecule has 0 amide bonds. The lowest BCUT2D eigenvalue weighted by Crippen LogP contribution is -2.34. The molecule has 50 valence electrons. The Morgan fingerprint density at radius 3 is 2.89 bits per heavy atom. The molecule has 0 bridgehead atoms. The van der Waals surface area contributed by atoms with Crippen molar-refractivity contribution in [1.82, 2.24) is 0 Å². The van der Waals surface area contributed by atoms with Gasteiger partial charge >= 0.3 is 0 Å². The monoisotopic (exact) mass is 142 g/mol. The largest absolute Gasteiger partial charge is 0.326 e. The Labute approximate surface area is 59.4 Å². The summed E-state index contributed by atoms with van der Waals surface area (Å²) in [4.78, 5) is 0. The van der Waals surface area contributed by atoms with Gasteiger partial charge in [0, 0.05) is 11.8 Å². The minimum absolute atomic E-state index is 0.101. The van der Waals surface area contributed by atoms with Gasteiger partial charge in [-0.25, -0.2) is 0 Å². The summed E-state index contributed by atoms with van der Waals surface area (Å²) >= 11 is 1.83. The van der Waals surface area contributed by atoms with Gasteiger partial charge in [-0.3, -0.25) is 0 Å². The standard InChI is InChI=1S/C6H10N2S/c7-3-5-4-9-2-1-6(5)8/h5-6H,1-2,4,8H2/t5-,6+/m0/s1. The highest BCUT2D eigenvalue weighted by atomic mass is 32.2. The minimum atomic E-state index is 0.101. The fourth-order valence-corrected chi connectivity index (χ4v) is 2.07. The Bertz CT molecular complexity index is 130. The molecule has 0 aliphatic carbocycles. The Balaban J connectivity index is 2.41. The zero-order chi connectivity index (χ0) is 6.69. The molecule has 0 aromatic carbocycles. The van der Waals surface area contributed by atoms with Crippen LogP contribution in [0, 0.1) is 17.2 Å². The Morgan fingerprint density at radius 2 is 2.44 bits per heavy atom. The van der Waals surface area contributed by atoms with E-state index < -0.39 is 0 Å². The van der Waals surface area contributed by atoms with Gasteiger partial charge in [0.1, 0.15) is 0 Å². The summed E-state index contributed by atoms with van der Waals surface area (Å²) in [6.07, 6.45) is 1.00. The quantitative estimate of drug-likeness (QED) is 0.538. The van der Waals surface area contributed by atoms with Crippen molar-refractivity contribution in [3.8, 4) is 6.07 Å². The summed E-state index contributed by atoms with van der Waals surface area (Å²) in [6, 6.07) is 2.34. The van der Waals surface area contributed by atoms with Crippen molar-refractivity contribution in [2.75, 3.05) is 11.5 Å². The summed E-state index contributed by atoms with van der Waals surface area (Å²) in [6.45, 7) is 0. The smallest absolute Gasteiger partial charge is 0.0705 e. The first-order valence-corrected chi connectivity index (χ1v) is 4.23. The van der Waals surface area contributed by atoms with Crippen LogP contribution in [0.2, 0.25) is 0 Å². The molecule has 1 fully saturated rings. The first-order valence-electron chi connectivity index (χ1n) is 3.07. The van der Waals surface area contributed by atoms with Crippen LogP contribution >= 0.6 is 11.8 Å². The predicted octanol–water partition coefficient (Wildman–Crippen LogP) is 0.590. The van der Waals surface area contributed by atoms with Gasteiger partial charge in [0.05, 0.1) is 12.0 Å². The number of rotatable bonds is 0. The van der Waals surface area contributed by atoms with Crippen LogP contribution in [0.1, 0.15) is 6.42 Å². The fraction of sp³-hybridized carbons (Fsp3) is 0.833. The van der Waals surface area contributed by atoms with Crippen molar-refractivity contribution in [2.45, 2.75) is 12.5 Å². The van der Waals surface area contributed by atoms with E-state index in [1.54, 1.807) is 0 Å². The van der Waals surface area contributed by atoms with E-state index >= 15 is 0 Å². The van der Waals surface area contributed by atoms with E-state index in [1.165, 1.54) is 0 Å². The summed E-state index contributed by atoms with van der Waals surface area (Å²) in [5.41, 5.74) is 5.65. The van der Waals surface area contributed by atoms with Crippen molar-refractivity contribution in [1.29, 1.82) is 5.26 Å². The van der Waals surface area contributed by atoms with Crippen LogP contribution in [-0.2, 0) is 0 Å². The number of thioether (sulfide) groups is 1. The second-order valence-corrected chi connectivity index (χ2v) is 3.41. The van der Waals surface area contributed by atoms with Crippen molar-refractivity contribution < 1.29 is 0 Å². The van der Waals surface area contributed by atoms with E-state index in [4.69, 9.17) is 11.0 Å². The van der Waals surface area contributed by atoms with Crippen LogP contribution in [0.5, 0.6) is 0 Å². The molecule has 0 saturated carbocycles.